The Kier molecular flexibility index (Phi) is 7.31. The molecule has 0 aliphatic rings. The maximum atomic E-state index is 11.9. The summed E-state index contributed by atoms with van der Waals surface area (Å²) < 4.78 is 0. The predicted molar refractivity (Wildman–Crippen MR) is 84.3 cm³/mol. The number of amides is 1. The molecule has 1 aromatic carbocycles. The second kappa shape index (κ2) is 8.75. The van der Waals surface area contributed by atoms with E-state index < -0.39 is 0 Å². The van der Waals surface area contributed by atoms with Gasteiger partial charge < -0.3 is 11.1 Å². The summed E-state index contributed by atoms with van der Waals surface area (Å²) >= 11 is 0. The Hall–Kier alpha value is -1.35. The third-order valence-electron chi connectivity index (χ3n) is 3.53. The van der Waals surface area contributed by atoms with Gasteiger partial charge in [-0.3, -0.25) is 4.79 Å². The van der Waals surface area contributed by atoms with Crippen LogP contribution < -0.4 is 11.1 Å². The predicted octanol–water partition coefficient (Wildman–Crippen LogP) is 2.88. The molecule has 0 bridgehead atoms. The number of carbonyl (C=O) groups excluding carboxylic acids is 1. The van der Waals surface area contributed by atoms with Crippen molar-refractivity contribution in [2.45, 2.75) is 46.6 Å². The molecule has 3 N–H and O–H groups in total. The van der Waals surface area contributed by atoms with Gasteiger partial charge in [0, 0.05) is 13.0 Å². The van der Waals surface area contributed by atoms with Crippen molar-refractivity contribution in [3.63, 3.8) is 0 Å². The summed E-state index contributed by atoms with van der Waals surface area (Å²) in [7, 11) is 0. The fourth-order valence-electron chi connectivity index (χ4n) is 2.36. The van der Waals surface area contributed by atoms with E-state index in [0.29, 0.717) is 25.4 Å². The van der Waals surface area contributed by atoms with E-state index in [1.807, 2.05) is 0 Å². The normalized spacial score (nSPS) is 12.4. The standard InChI is InChI=1S/C17H28N2O/c1-4-14-5-7-15(8-6-14)12-19-17(20)10-16(11-18)9-13(2)3/h5-8,13,16H,4,9-12,18H2,1-3H3,(H,19,20). The monoisotopic (exact) mass is 276 g/mol. The molecule has 3 heteroatoms. The first-order valence-corrected chi connectivity index (χ1v) is 7.59. The minimum Gasteiger partial charge on any atom is -0.352 e. The van der Waals surface area contributed by atoms with E-state index in [-0.39, 0.29) is 11.8 Å². The van der Waals surface area contributed by atoms with Gasteiger partial charge in [0.25, 0.3) is 0 Å². The lowest BCUT2D eigenvalue weighted by Crippen LogP contribution is -2.28. The molecule has 0 aromatic heterocycles. The van der Waals surface area contributed by atoms with Gasteiger partial charge in [0.05, 0.1) is 0 Å². The Balaban J connectivity index is 2.37. The minimum atomic E-state index is 0.0978. The van der Waals surface area contributed by atoms with Crippen molar-refractivity contribution < 1.29 is 4.79 Å². The second-order valence-corrected chi connectivity index (χ2v) is 5.88. The summed E-state index contributed by atoms with van der Waals surface area (Å²) in [6, 6.07) is 8.38. The van der Waals surface area contributed by atoms with Crippen LogP contribution in [0.15, 0.2) is 24.3 Å². The molecule has 0 radical (unpaired) electrons. The zero-order chi connectivity index (χ0) is 15.0. The Morgan fingerprint density at radius 3 is 2.30 bits per heavy atom. The molecule has 0 fully saturated rings. The Morgan fingerprint density at radius 1 is 1.20 bits per heavy atom. The lowest BCUT2D eigenvalue weighted by Gasteiger charge is -2.16. The molecule has 1 atom stereocenters. The van der Waals surface area contributed by atoms with E-state index >= 15 is 0 Å². The highest BCUT2D eigenvalue weighted by molar-refractivity contribution is 5.76. The quantitative estimate of drug-likeness (QED) is 0.767. The van der Waals surface area contributed by atoms with E-state index in [9.17, 15) is 4.79 Å². The highest BCUT2D eigenvalue weighted by Gasteiger charge is 2.13. The van der Waals surface area contributed by atoms with Gasteiger partial charge in [0.1, 0.15) is 0 Å². The van der Waals surface area contributed by atoms with Gasteiger partial charge in [0.2, 0.25) is 5.91 Å². The molecule has 0 aliphatic heterocycles. The van der Waals surface area contributed by atoms with Gasteiger partial charge in [0.15, 0.2) is 0 Å². The third kappa shape index (κ3) is 6.20. The molecule has 112 valence electrons. The number of nitrogens with one attached hydrogen (secondary N) is 1. The van der Waals surface area contributed by atoms with Crippen LogP contribution in [0.25, 0.3) is 0 Å². The topological polar surface area (TPSA) is 55.1 Å². The van der Waals surface area contributed by atoms with E-state index in [1.54, 1.807) is 0 Å². The zero-order valence-electron chi connectivity index (χ0n) is 13.0. The van der Waals surface area contributed by atoms with Crippen LogP contribution in [0.4, 0.5) is 0 Å². The van der Waals surface area contributed by atoms with Crippen LogP contribution in [0.3, 0.4) is 0 Å². The summed E-state index contributed by atoms with van der Waals surface area (Å²) in [4.78, 5) is 11.9. The minimum absolute atomic E-state index is 0.0978. The molecule has 3 nitrogen and oxygen atoms in total. The summed E-state index contributed by atoms with van der Waals surface area (Å²) in [6.07, 6.45) is 2.58. The highest BCUT2D eigenvalue weighted by Crippen LogP contribution is 2.14. The third-order valence-corrected chi connectivity index (χ3v) is 3.53. The van der Waals surface area contributed by atoms with E-state index in [4.69, 9.17) is 5.73 Å². The van der Waals surface area contributed by atoms with E-state index in [2.05, 4.69) is 50.4 Å². The number of carbonyl (C=O) groups is 1. The molecule has 0 heterocycles. The van der Waals surface area contributed by atoms with Crippen LogP contribution in [0, 0.1) is 11.8 Å². The number of hydrogen-bond donors (Lipinski definition) is 2. The van der Waals surface area contributed by atoms with Crippen molar-refractivity contribution in [1.29, 1.82) is 0 Å². The number of benzene rings is 1. The first-order chi connectivity index (χ1) is 9.55. The molecule has 1 rings (SSSR count). The molecule has 0 spiro atoms. The number of nitrogens with two attached hydrogens (primary N) is 1. The maximum absolute atomic E-state index is 11.9. The fraction of sp³-hybridized carbons (Fsp3) is 0.588. The van der Waals surface area contributed by atoms with E-state index in [0.717, 1.165) is 18.4 Å². The van der Waals surface area contributed by atoms with Gasteiger partial charge in [-0.25, -0.2) is 0 Å². The summed E-state index contributed by atoms with van der Waals surface area (Å²) in [5.74, 6) is 0.969. The molecular weight excluding hydrogens is 248 g/mol. The van der Waals surface area contributed by atoms with Crippen molar-refractivity contribution in [3.8, 4) is 0 Å². The largest absolute Gasteiger partial charge is 0.352 e. The summed E-state index contributed by atoms with van der Waals surface area (Å²) in [5.41, 5.74) is 8.19. The first-order valence-electron chi connectivity index (χ1n) is 7.59. The average molecular weight is 276 g/mol. The molecule has 0 aliphatic carbocycles. The van der Waals surface area contributed by atoms with Crippen molar-refractivity contribution in [2.75, 3.05) is 6.54 Å². The molecule has 1 unspecified atom stereocenters. The van der Waals surface area contributed by atoms with Crippen LogP contribution in [0.2, 0.25) is 0 Å². The van der Waals surface area contributed by atoms with Crippen LogP contribution in [0.1, 0.15) is 44.7 Å². The molecule has 0 saturated heterocycles. The SMILES string of the molecule is CCc1ccc(CNC(=O)CC(CN)CC(C)C)cc1. The number of rotatable bonds is 8. The van der Waals surface area contributed by atoms with Gasteiger partial charge >= 0.3 is 0 Å². The lowest BCUT2D eigenvalue weighted by molar-refractivity contribution is -0.122. The van der Waals surface area contributed by atoms with E-state index in [1.165, 1.54) is 5.56 Å². The molecule has 20 heavy (non-hydrogen) atoms. The van der Waals surface area contributed by atoms with Gasteiger partial charge in [-0.15, -0.1) is 0 Å². The van der Waals surface area contributed by atoms with Gasteiger partial charge in [-0.05, 0) is 42.3 Å². The number of hydrogen-bond acceptors (Lipinski definition) is 2. The first kappa shape index (κ1) is 16.7. The molecule has 1 aromatic rings. The van der Waals surface area contributed by atoms with Crippen LogP contribution >= 0.6 is 0 Å². The summed E-state index contributed by atoms with van der Waals surface area (Å²) in [6.45, 7) is 7.64. The Morgan fingerprint density at radius 2 is 1.80 bits per heavy atom. The number of aryl methyl sites for hydroxylation is 1. The molecule has 1 amide bonds. The maximum Gasteiger partial charge on any atom is 0.220 e. The zero-order valence-corrected chi connectivity index (χ0v) is 13.0. The van der Waals surface area contributed by atoms with Crippen LogP contribution in [-0.4, -0.2) is 12.5 Å². The highest BCUT2D eigenvalue weighted by atomic mass is 16.1. The average Bonchev–Trinajstić information content (AvgIpc) is 2.44. The Labute approximate surface area is 122 Å². The molecular formula is C17H28N2O. The van der Waals surface area contributed by atoms with Crippen molar-refractivity contribution >= 4 is 5.91 Å². The van der Waals surface area contributed by atoms with Crippen molar-refractivity contribution in [1.82, 2.24) is 5.32 Å². The van der Waals surface area contributed by atoms with Crippen LogP contribution in [-0.2, 0) is 17.8 Å². The lowest BCUT2D eigenvalue weighted by atomic mass is 9.94. The van der Waals surface area contributed by atoms with Crippen molar-refractivity contribution in [3.05, 3.63) is 35.4 Å². The smallest absolute Gasteiger partial charge is 0.220 e. The Bertz CT molecular complexity index is 398. The van der Waals surface area contributed by atoms with Crippen molar-refractivity contribution in [2.24, 2.45) is 17.6 Å². The summed E-state index contributed by atoms with van der Waals surface area (Å²) in [5, 5.41) is 2.98. The second-order valence-electron chi connectivity index (χ2n) is 5.88. The molecule has 0 saturated carbocycles. The fourth-order valence-corrected chi connectivity index (χ4v) is 2.36. The van der Waals surface area contributed by atoms with Gasteiger partial charge in [-0.1, -0.05) is 45.0 Å². The van der Waals surface area contributed by atoms with Crippen LogP contribution in [0.5, 0.6) is 0 Å². The van der Waals surface area contributed by atoms with Gasteiger partial charge in [-0.2, -0.15) is 0 Å².